The molecular weight excluding hydrogens is 316 g/mol. The third-order valence-electron chi connectivity index (χ3n) is 5.19. The molecule has 128 valence electrons. The predicted molar refractivity (Wildman–Crippen MR) is 84.2 cm³/mol. The highest BCUT2D eigenvalue weighted by atomic mass is 19.1. The maximum absolute atomic E-state index is 13.8. The lowest BCUT2D eigenvalue weighted by Gasteiger charge is -2.26. The summed E-state index contributed by atoms with van der Waals surface area (Å²) in [6, 6.07) is 2.80. The molecule has 1 amide bonds. The molecule has 0 unspecified atom stereocenters. The Kier molecular flexibility index (Phi) is 4.15. The Balaban J connectivity index is 1.92. The van der Waals surface area contributed by atoms with Gasteiger partial charge in [-0.2, -0.15) is 0 Å². The van der Waals surface area contributed by atoms with Crippen LogP contribution in [-0.4, -0.2) is 17.0 Å². The van der Waals surface area contributed by atoms with Gasteiger partial charge in [0, 0.05) is 6.07 Å². The number of allylic oxidation sites excluding steroid dienone is 2. The Labute approximate surface area is 138 Å². The molecule has 0 heterocycles. The minimum absolute atomic E-state index is 0.141. The number of carbonyl (C=O) groups excluding carboxylic acids is 1. The number of carboxylic acids is 1. The van der Waals surface area contributed by atoms with Crippen molar-refractivity contribution in [3.05, 3.63) is 41.0 Å². The van der Waals surface area contributed by atoms with Crippen molar-refractivity contribution >= 4 is 17.6 Å². The van der Waals surface area contributed by atoms with Gasteiger partial charge in [0.15, 0.2) is 0 Å². The molecule has 2 bridgehead atoms. The van der Waals surface area contributed by atoms with Gasteiger partial charge in [0.05, 0.1) is 17.5 Å². The van der Waals surface area contributed by atoms with Crippen LogP contribution >= 0.6 is 0 Å². The van der Waals surface area contributed by atoms with E-state index in [9.17, 15) is 23.5 Å². The van der Waals surface area contributed by atoms with E-state index in [0.29, 0.717) is 0 Å². The van der Waals surface area contributed by atoms with Gasteiger partial charge in [-0.25, -0.2) is 8.78 Å². The van der Waals surface area contributed by atoms with Crippen LogP contribution in [0.3, 0.4) is 0 Å². The quantitative estimate of drug-likeness (QED) is 0.830. The van der Waals surface area contributed by atoms with Crippen molar-refractivity contribution in [2.75, 3.05) is 5.32 Å². The number of aliphatic carboxylic acids is 1. The molecule has 0 radical (unpaired) electrons. The van der Waals surface area contributed by atoms with Gasteiger partial charge in [-0.05, 0) is 50.7 Å². The number of hydrogen-bond donors (Lipinski definition) is 2. The number of nitrogens with one attached hydrogen (secondary N) is 1. The number of fused-ring (bicyclic) bond motifs is 2. The largest absolute Gasteiger partial charge is 0.481 e. The van der Waals surface area contributed by atoms with Crippen molar-refractivity contribution in [3.8, 4) is 0 Å². The summed E-state index contributed by atoms with van der Waals surface area (Å²) >= 11 is 0. The lowest BCUT2D eigenvalue weighted by atomic mass is 9.78. The normalized spacial score (nSPS) is 28.1. The van der Waals surface area contributed by atoms with Crippen LogP contribution in [0, 0.1) is 35.3 Å². The molecule has 2 aliphatic rings. The van der Waals surface area contributed by atoms with Crippen molar-refractivity contribution in [2.45, 2.75) is 26.7 Å². The summed E-state index contributed by atoms with van der Waals surface area (Å²) < 4.78 is 27.0. The van der Waals surface area contributed by atoms with Crippen LogP contribution in [0.15, 0.2) is 29.3 Å². The second-order valence-corrected chi connectivity index (χ2v) is 6.75. The summed E-state index contributed by atoms with van der Waals surface area (Å²) in [7, 11) is 0. The number of halogens is 2. The van der Waals surface area contributed by atoms with Gasteiger partial charge in [-0.3, -0.25) is 9.59 Å². The van der Waals surface area contributed by atoms with Crippen molar-refractivity contribution in [3.63, 3.8) is 0 Å². The van der Waals surface area contributed by atoms with Gasteiger partial charge >= 0.3 is 5.97 Å². The summed E-state index contributed by atoms with van der Waals surface area (Å²) in [6.07, 6.45) is 1.50. The molecule has 2 N–H and O–H groups in total. The smallest absolute Gasteiger partial charge is 0.307 e. The third-order valence-corrected chi connectivity index (χ3v) is 5.19. The molecule has 2 fully saturated rings. The van der Waals surface area contributed by atoms with E-state index in [1.165, 1.54) is 0 Å². The van der Waals surface area contributed by atoms with E-state index in [1.54, 1.807) is 0 Å². The Hall–Kier alpha value is -2.24. The van der Waals surface area contributed by atoms with Gasteiger partial charge in [0.1, 0.15) is 11.6 Å². The molecule has 1 aromatic rings. The fourth-order valence-corrected chi connectivity index (χ4v) is 4.41. The van der Waals surface area contributed by atoms with Gasteiger partial charge in [0.2, 0.25) is 5.91 Å². The Morgan fingerprint density at radius 1 is 1.12 bits per heavy atom. The van der Waals surface area contributed by atoms with Crippen LogP contribution in [-0.2, 0) is 9.59 Å². The molecule has 24 heavy (non-hydrogen) atoms. The van der Waals surface area contributed by atoms with Crippen molar-refractivity contribution in [1.29, 1.82) is 0 Å². The molecule has 0 saturated heterocycles. The molecule has 4 atom stereocenters. The summed E-state index contributed by atoms with van der Waals surface area (Å²) in [4.78, 5) is 24.4. The Bertz CT molecular complexity index is 740. The molecule has 4 nitrogen and oxygen atoms in total. The van der Waals surface area contributed by atoms with Crippen molar-refractivity contribution in [1.82, 2.24) is 0 Å². The van der Waals surface area contributed by atoms with Gasteiger partial charge < -0.3 is 10.4 Å². The van der Waals surface area contributed by atoms with Crippen LogP contribution in [0.2, 0.25) is 0 Å². The highest BCUT2D eigenvalue weighted by Gasteiger charge is 2.57. The average Bonchev–Trinajstić information content (AvgIpc) is 3.06. The SMILES string of the molecule is CC(C)=C1[C@H]2CC[C@@H]1[C@@H](C(=O)Nc1cc(F)ccc1F)[C@H]2C(=O)O. The molecule has 6 heteroatoms. The van der Waals surface area contributed by atoms with Gasteiger partial charge in [0.25, 0.3) is 0 Å². The van der Waals surface area contributed by atoms with E-state index >= 15 is 0 Å². The molecule has 2 aliphatic carbocycles. The average molecular weight is 335 g/mol. The zero-order valence-electron chi connectivity index (χ0n) is 13.5. The second-order valence-electron chi connectivity index (χ2n) is 6.75. The third kappa shape index (κ3) is 2.60. The number of carboxylic acid groups (broad SMARTS) is 1. The lowest BCUT2D eigenvalue weighted by Crippen LogP contribution is -2.38. The molecule has 0 aliphatic heterocycles. The first-order valence-electron chi connectivity index (χ1n) is 7.97. The number of amides is 1. The van der Waals surface area contributed by atoms with E-state index in [4.69, 9.17) is 0 Å². The molecule has 0 spiro atoms. The molecule has 1 aromatic carbocycles. The Morgan fingerprint density at radius 2 is 1.75 bits per heavy atom. The topological polar surface area (TPSA) is 66.4 Å². The highest BCUT2D eigenvalue weighted by molar-refractivity contribution is 5.96. The van der Waals surface area contributed by atoms with Crippen LogP contribution in [0.4, 0.5) is 14.5 Å². The van der Waals surface area contributed by atoms with Crippen LogP contribution in [0.5, 0.6) is 0 Å². The zero-order chi connectivity index (χ0) is 17.6. The van der Waals surface area contributed by atoms with Crippen LogP contribution in [0.25, 0.3) is 0 Å². The fraction of sp³-hybridized carbons (Fsp3) is 0.444. The maximum Gasteiger partial charge on any atom is 0.307 e. The summed E-state index contributed by atoms with van der Waals surface area (Å²) in [5.74, 6) is -4.84. The molecule has 0 aromatic heterocycles. The van der Waals surface area contributed by atoms with Crippen molar-refractivity contribution in [2.24, 2.45) is 23.7 Å². The van der Waals surface area contributed by atoms with Gasteiger partial charge in [-0.15, -0.1) is 0 Å². The maximum atomic E-state index is 13.8. The van der Waals surface area contributed by atoms with E-state index in [-0.39, 0.29) is 17.5 Å². The van der Waals surface area contributed by atoms with Crippen LogP contribution in [0.1, 0.15) is 26.7 Å². The summed E-state index contributed by atoms with van der Waals surface area (Å²) in [6.45, 7) is 3.85. The van der Waals surface area contributed by atoms with E-state index < -0.39 is 35.3 Å². The monoisotopic (exact) mass is 335 g/mol. The number of benzene rings is 1. The lowest BCUT2D eigenvalue weighted by molar-refractivity contribution is -0.148. The first kappa shape index (κ1) is 16.6. The fourth-order valence-electron chi connectivity index (χ4n) is 4.41. The zero-order valence-corrected chi connectivity index (χ0v) is 13.5. The second kappa shape index (κ2) is 6.00. The summed E-state index contributed by atoms with van der Waals surface area (Å²) in [5, 5.41) is 12.0. The molecule has 3 rings (SSSR count). The van der Waals surface area contributed by atoms with Crippen LogP contribution < -0.4 is 5.32 Å². The molecule has 2 saturated carbocycles. The van der Waals surface area contributed by atoms with E-state index in [1.807, 2.05) is 13.8 Å². The standard InChI is InChI=1S/C18H19F2NO3/c1-8(2)14-10-4-5-11(14)16(18(23)24)15(10)17(22)21-13-7-9(19)3-6-12(13)20/h3,6-7,10-11,15-16H,4-5H2,1-2H3,(H,21,22)(H,23,24)/t10-,11+,15+,16-/m0/s1. The first-order valence-corrected chi connectivity index (χ1v) is 7.97. The number of rotatable bonds is 3. The van der Waals surface area contributed by atoms with E-state index in [0.717, 1.165) is 42.2 Å². The van der Waals surface area contributed by atoms with Gasteiger partial charge in [-0.1, -0.05) is 11.1 Å². The summed E-state index contributed by atoms with van der Waals surface area (Å²) in [5.41, 5.74) is 1.83. The molecular formula is C18H19F2NO3. The predicted octanol–water partition coefficient (Wildman–Crippen LogP) is 3.60. The highest BCUT2D eigenvalue weighted by Crippen LogP contribution is 2.57. The first-order chi connectivity index (χ1) is 11.3. The van der Waals surface area contributed by atoms with E-state index in [2.05, 4.69) is 5.32 Å². The minimum Gasteiger partial charge on any atom is -0.481 e. The minimum atomic E-state index is -1.01. The number of hydrogen-bond acceptors (Lipinski definition) is 2. The Morgan fingerprint density at radius 3 is 2.33 bits per heavy atom. The number of anilines is 1. The van der Waals surface area contributed by atoms with Crippen molar-refractivity contribution < 1.29 is 23.5 Å². The number of carbonyl (C=O) groups is 2.